The van der Waals surface area contributed by atoms with E-state index in [0.29, 0.717) is 31.2 Å². The molecule has 1 saturated heterocycles. The predicted octanol–water partition coefficient (Wildman–Crippen LogP) is 2.43. The van der Waals surface area contributed by atoms with Gasteiger partial charge in [0, 0.05) is 19.3 Å². The van der Waals surface area contributed by atoms with Gasteiger partial charge in [0.1, 0.15) is 0 Å². The van der Waals surface area contributed by atoms with Gasteiger partial charge in [0.25, 0.3) is 6.43 Å². The number of nitrogens with one attached hydrogen (secondary N) is 1. The highest BCUT2D eigenvalue weighted by molar-refractivity contribution is 5.65. The van der Waals surface area contributed by atoms with Gasteiger partial charge in [0.2, 0.25) is 0 Å². The van der Waals surface area contributed by atoms with Gasteiger partial charge in [-0.15, -0.1) is 0 Å². The molecule has 0 saturated carbocycles. The molecule has 0 bridgehead atoms. The summed E-state index contributed by atoms with van der Waals surface area (Å²) in [5.74, 6) is 0.406. The molecular formula is C15H24F2N4O2. The molecule has 23 heavy (non-hydrogen) atoms. The van der Waals surface area contributed by atoms with Crippen LogP contribution in [0.5, 0.6) is 0 Å². The van der Waals surface area contributed by atoms with E-state index in [2.05, 4.69) is 10.3 Å². The van der Waals surface area contributed by atoms with Gasteiger partial charge in [-0.3, -0.25) is 4.90 Å². The minimum absolute atomic E-state index is 0.0856. The summed E-state index contributed by atoms with van der Waals surface area (Å²) in [7, 11) is 0. The molecule has 130 valence electrons. The van der Waals surface area contributed by atoms with E-state index in [1.54, 1.807) is 11.2 Å². The lowest BCUT2D eigenvalue weighted by Crippen LogP contribution is -2.30. The average Bonchev–Trinajstić information content (AvgIpc) is 3.05. The Hall–Kier alpha value is -1.70. The molecule has 6 nitrogen and oxygen atoms in total. The molecule has 8 heteroatoms. The van der Waals surface area contributed by atoms with E-state index < -0.39 is 12.5 Å². The van der Waals surface area contributed by atoms with Crippen molar-refractivity contribution in [3.63, 3.8) is 0 Å². The molecule has 1 aromatic rings. The maximum Gasteiger partial charge on any atom is 0.405 e. The van der Waals surface area contributed by atoms with Crippen molar-refractivity contribution < 1.29 is 18.7 Å². The molecule has 1 aliphatic heterocycles. The van der Waals surface area contributed by atoms with E-state index in [4.69, 9.17) is 5.11 Å². The minimum atomic E-state index is -2.29. The number of carboxylic acid groups (broad SMARTS) is 1. The summed E-state index contributed by atoms with van der Waals surface area (Å²) in [5, 5.41) is 11.4. The number of alkyl halides is 2. The van der Waals surface area contributed by atoms with Crippen molar-refractivity contribution >= 4 is 6.09 Å². The summed E-state index contributed by atoms with van der Waals surface area (Å²) < 4.78 is 26.7. The fourth-order valence-electron chi connectivity index (χ4n) is 3.07. The lowest BCUT2D eigenvalue weighted by Gasteiger charge is -2.18. The third-order valence-electron chi connectivity index (χ3n) is 4.15. The first-order valence-corrected chi connectivity index (χ1v) is 7.86. The van der Waals surface area contributed by atoms with E-state index in [1.165, 1.54) is 0 Å². The zero-order valence-electron chi connectivity index (χ0n) is 13.5. The van der Waals surface area contributed by atoms with E-state index in [9.17, 15) is 13.6 Å². The van der Waals surface area contributed by atoms with E-state index in [-0.39, 0.29) is 18.5 Å². The van der Waals surface area contributed by atoms with Crippen LogP contribution in [0.2, 0.25) is 0 Å². The number of halogens is 2. The van der Waals surface area contributed by atoms with Gasteiger partial charge in [-0.25, -0.2) is 18.6 Å². The average molecular weight is 330 g/mol. The number of hydrogen-bond donors (Lipinski definition) is 2. The van der Waals surface area contributed by atoms with Crippen molar-refractivity contribution in [2.45, 2.75) is 39.3 Å². The van der Waals surface area contributed by atoms with Crippen LogP contribution in [0.3, 0.4) is 0 Å². The topological polar surface area (TPSA) is 70.4 Å². The maximum atomic E-state index is 12.4. The highest BCUT2D eigenvalue weighted by Gasteiger charge is 2.25. The first kappa shape index (κ1) is 17.7. The highest BCUT2D eigenvalue weighted by Crippen LogP contribution is 2.22. The Labute approximate surface area is 134 Å². The van der Waals surface area contributed by atoms with Crippen LogP contribution in [-0.2, 0) is 6.54 Å². The number of imidazole rings is 1. The molecule has 2 heterocycles. The number of hydrogen-bond acceptors (Lipinski definition) is 3. The van der Waals surface area contributed by atoms with Crippen molar-refractivity contribution in [1.29, 1.82) is 0 Å². The molecular weight excluding hydrogens is 306 g/mol. The summed E-state index contributed by atoms with van der Waals surface area (Å²) >= 11 is 0. The number of carbonyl (C=O) groups is 1. The molecule has 0 aliphatic carbocycles. The molecule has 2 rings (SSSR count). The molecule has 0 spiro atoms. The van der Waals surface area contributed by atoms with Crippen LogP contribution in [0.1, 0.15) is 32.0 Å². The lowest BCUT2D eigenvalue weighted by atomic mass is 10.0. The zero-order chi connectivity index (χ0) is 17.0. The van der Waals surface area contributed by atoms with Crippen molar-refractivity contribution in [1.82, 2.24) is 19.8 Å². The van der Waals surface area contributed by atoms with Crippen LogP contribution >= 0.6 is 0 Å². The van der Waals surface area contributed by atoms with Crippen molar-refractivity contribution in [2.24, 2.45) is 11.8 Å². The fraction of sp³-hybridized carbons (Fsp3) is 0.733. The first-order chi connectivity index (χ1) is 10.8. The SMILES string of the molecule is CC(C)[C@H](NC(=O)O)c1cn(C[C@@H]2CCN(CC(F)F)C2)cn1. The highest BCUT2D eigenvalue weighted by atomic mass is 19.3. The van der Waals surface area contributed by atoms with Crippen LogP contribution < -0.4 is 5.32 Å². The van der Waals surface area contributed by atoms with Gasteiger partial charge in [0.05, 0.1) is 24.6 Å². The summed E-state index contributed by atoms with van der Waals surface area (Å²) in [4.78, 5) is 17.0. The summed E-state index contributed by atoms with van der Waals surface area (Å²) in [5.41, 5.74) is 0.685. The molecule has 1 aromatic heterocycles. The predicted molar refractivity (Wildman–Crippen MR) is 81.5 cm³/mol. The number of rotatable bonds is 7. The molecule has 1 aliphatic rings. The molecule has 1 amide bonds. The van der Waals surface area contributed by atoms with E-state index in [0.717, 1.165) is 6.42 Å². The lowest BCUT2D eigenvalue weighted by molar-refractivity contribution is 0.0975. The number of amides is 1. The second-order valence-electron chi connectivity index (χ2n) is 6.47. The van der Waals surface area contributed by atoms with Crippen molar-refractivity contribution in [3.8, 4) is 0 Å². The van der Waals surface area contributed by atoms with E-state index >= 15 is 0 Å². The monoisotopic (exact) mass is 330 g/mol. The van der Waals surface area contributed by atoms with Crippen molar-refractivity contribution in [2.75, 3.05) is 19.6 Å². The Bertz CT molecular complexity index is 521. The summed E-state index contributed by atoms with van der Waals surface area (Å²) in [6.07, 6.45) is 1.06. The minimum Gasteiger partial charge on any atom is -0.465 e. The number of likely N-dealkylation sites (tertiary alicyclic amines) is 1. The maximum absolute atomic E-state index is 12.4. The van der Waals surface area contributed by atoms with Crippen LogP contribution in [0.4, 0.5) is 13.6 Å². The van der Waals surface area contributed by atoms with Gasteiger partial charge in [0.15, 0.2) is 0 Å². The Morgan fingerprint density at radius 3 is 2.87 bits per heavy atom. The summed E-state index contributed by atoms with van der Waals surface area (Å²) in [6.45, 7) is 5.77. The Balaban J connectivity index is 1.93. The normalized spacial score (nSPS) is 20.3. The van der Waals surface area contributed by atoms with E-state index in [1.807, 2.05) is 24.6 Å². The van der Waals surface area contributed by atoms with Crippen LogP contribution in [0.15, 0.2) is 12.5 Å². The van der Waals surface area contributed by atoms with Gasteiger partial charge in [-0.1, -0.05) is 13.8 Å². The first-order valence-electron chi connectivity index (χ1n) is 7.86. The summed E-state index contributed by atoms with van der Waals surface area (Å²) in [6, 6.07) is -0.354. The third kappa shape index (κ3) is 5.16. The molecule has 1 fully saturated rings. The molecule has 2 N–H and O–H groups in total. The van der Waals surface area contributed by atoms with Gasteiger partial charge in [-0.05, 0) is 24.8 Å². The van der Waals surface area contributed by atoms with Crippen molar-refractivity contribution in [3.05, 3.63) is 18.2 Å². The second kappa shape index (κ2) is 7.72. The molecule has 2 atom stereocenters. The zero-order valence-corrected chi connectivity index (χ0v) is 13.5. The Kier molecular flexibility index (Phi) is 5.92. The van der Waals surface area contributed by atoms with Crippen LogP contribution in [0, 0.1) is 11.8 Å². The smallest absolute Gasteiger partial charge is 0.405 e. The molecule has 0 aromatic carbocycles. The number of nitrogens with zero attached hydrogens (tertiary/aromatic N) is 3. The second-order valence-corrected chi connectivity index (χ2v) is 6.47. The quantitative estimate of drug-likeness (QED) is 0.805. The Morgan fingerprint density at radius 2 is 2.26 bits per heavy atom. The van der Waals surface area contributed by atoms with Gasteiger partial charge in [-0.2, -0.15) is 0 Å². The number of aromatic nitrogens is 2. The Morgan fingerprint density at radius 1 is 1.52 bits per heavy atom. The van der Waals surface area contributed by atoms with Crippen LogP contribution in [-0.4, -0.2) is 51.7 Å². The van der Waals surface area contributed by atoms with Gasteiger partial charge >= 0.3 is 6.09 Å². The fourth-order valence-corrected chi connectivity index (χ4v) is 3.07. The van der Waals surface area contributed by atoms with Gasteiger partial charge < -0.3 is 15.0 Å². The van der Waals surface area contributed by atoms with Crippen LogP contribution in [0.25, 0.3) is 0 Å². The molecule has 0 radical (unpaired) electrons. The third-order valence-corrected chi connectivity index (χ3v) is 4.15. The molecule has 0 unspecified atom stereocenters. The largest absolute Gasteiger partial charge is 0.465 e. The standard InChI is InChI=1S/C15H24F2N4O2/c1-10(2)14(19-15(22)23)12-7-21(9-18-12)6-11-3-4-20(5-11)8-13(16)17/h7,9-11,13-14,19H,3-6,8H2,1-2H3,(H,22,23)/t11-,14+/m1/s1.